The van der Waals surface area contributed by atoms with E-state index < -0.39 is 18.0 Å². The summed E-state index contributed by atoms with van der Waals surface area (Å²) in [6.45, 7) is -0.0840. The molecule has 0 saturated carbocycles. The Balaban J connectivity index is 1.62. The normalized spacial score (nSPS) is 14.2. The molecule has 172 valence electrons. The lowest BCUT2D eigenvalue weighted by Crippen LogP contribution is -2.52. The number of nitrogens with one attached hydrogen (secondary N) is 1. The molecule has 1 fully saturated rings. The van der Waals surface area contributed by atoms with E-state index in [4.69, 9.17) is 21.1 Å². The van der Waals surface area contributed by atoms with Crippen LogP contribution in [0.2, 0.25) is 5.02 Å². The molecule has 2 amide bonds. The fraction of sp³-hybridized carbons (Fsp3) is 0.333. The summed E-state index contributed by atoms with van der Waals surface area (Å²) < 4.78 is 48.5. The molecule has 0 bridgehead atoms. The van der Waals surface area contributed by atoms with Gasteiger partial charge in [0, 0.05) is 31.2 Å². The molecule has 32 heavy (non-hydrogen) atoms. The van der Waals surface area contributed by atoms with Crippen molar-refractivity contribution in [1.29, 1.82) is 0 Å². The van der Waals surface area contributed by atoms with E-state index in [9.17, 15) is 22.8 Å². The maximum atomic E-state index is 12.7. The second-order valence-corrected chi connectivity index (χ2v) is 7.39. The number of rotatable bonds is 6. The number of benzene rings is 2. The Hall–Kier alpha value is -3.14. The maximum Gasteiger partial charge on any atom is 0.471 e. The van der Waals surface area contributed by atoms with Gasteiger partial charge < -0.3 is 24.6 Å². The number of alkyl halides is 3. The summed E-state index contributed by atoms with van der Waals surface area (Å²) in [5.74, 6) is -1.15. The fourth-order valence-corrected chi connectivity index (χ4v) is 3.39. The maximum absolute atomic E-state index is 12.7. The number of methoxy groups -OCH3 is 1. The first kappa shape index (κ1) is 23.5. The summed E-state index contributed by atoms with van der Waals surface area (Å²) in [6, 6.07) is 11.6. The van der Waals surface area contributed by atoms with Crippen LogP contribution in [-0.4, -0.2) is 62.8 Å². The third-order valence-electron chi connectivity index (χ3n) is 4.81. The van der Waals surface area contributed by atoms with Gasteiger partial charge in [0.15, 0.2) is 6.61 Å². The van der Waals surface area contributed by atoms with Crippen molar-refractivity contribution in [2.75, 3.05) is 50.1 Å². The number of anilines is 2. The molecule has 1 aliphatic heterocycles. The highest BCUT2D eigenvalue weighted by Crippen LogP contribution is 2.31. The van der Waals surface area contributed by atoms with E-state index in [0.717, 1.165) is 4.90 Å². The standard InChI is InChI=1S/C21H21ClF3N3O4/c1-31-15-3-5-16(6-4-15)32-13-19(29)26-17-12-14(22)2-7-18(17)27-8-10-28(11-9-27)20(30)21(23,24)25/h2-7,12H,8-11,13H2,1H3,(H,26,29). The van der Waals surface area contributed by atoms with Crippen LogP contribution in [0.5, 0.6) is 11.5 Å². The number of piperazine rings is 1. The van der Waals surface area contributed by atoms with Crippen LogP contribution in [0.25, 0.3) is 0 Å². The molecule has 7 nitrogen and oxygen atoms in total. The molecule has 0 atom stereocenters. The number of nitrogens with zero attached hydrogens (tertiary/aromatic N) is 2. The van der Waals surface area contributed by atoms with Gasteiger partial charge in [0.1, 0.15) is 11.5 Å². The summed E-state index contributed by atoms with van der Waals surface area (Å²) >= 11 is 6.06. The Morgan fingerprint density at radius 1 is 1.03 bits per heavy atom. The van der Waals surface area contributed by atoms with Crippen LogP contribution in [-0.2, 0) is 9.59 Å². The molecule has 1 aliphatic rings. The van der Waals surface area contributed by atoms with Crippen molar-refractivity contribution in [3.8, 4) is 11.5 Å². The average molecular weight is 472 g/mol. The molecule has 0 unspecified atom stereocenters. The zero-order valence-corrected chi connectivity index (χ0v) is 17.9. The number of amides is 2. The number of ether oxygens (including phenoxy) is 2. The minimum absolute atomic E-state index is 0.0884. The Bertz CT molecular complexity index is 962. The van der Waals surface area contributed by atoms with Crippen LogP contribution in [0, 0.1) is 0 Å². The van der Waals surface area contributed by atoms with Crippen molar-refractivity contribution in [3.63, 3.8) is 0 Å². The van der Waals surface area contributed by atoms with E-state index in [0.29, 0.717) is 27.9 Å². The predicted octanol–water partition coefficient (Wildman–Crippen LogP) is 3.58. The van der Waals surface area contributed by atoms with Gasteiger partial charge in [-0.3, -0.25) is 9.59 Å². The van der Waals surface area contributed by atoms with Gasteiger partial charge in [-0.25, -0.2) is 0 Å². The molecule has 1 heterocycles. The third-order valence-corrected chi connectivity index (χ3v) is 5.05. The Labute approximate surface area is 187 Å². The van der Waals surface area contributed by atoms with Crippen LogP contribution in [0.4, 0.5) is 24.5 Å². The number of carbonyl (C=O) groups is 2. The molecule has 2 aromatic carbocycles. The molecule has 0 aliphatic carbocycles. The van der Waals surface area contributed by atoms with E-state index in [1.807, 2.05) is 0 Å². The minimum atomic E-state index is -4.90. The molecule has 0 spiro atoms. The number of carbonyl (C=O) groups excluding carboxylic acids is 2. The average Bonchev–Trinajstić information content (AvgIpc) is 2.77. The molecule has 11 heteroatoms. The van der Waals surface area contributed by atoms with Gasteiger partial charge in [-0.15, -0.1) is 0 Å². The van der Waals surface area contributed by atoms with Crippen molar-refractivity contribution in [1.82, 2.24) is 4.90 Å². The molecule has 1 saturated heterocycles. The Morgan fingerprint density at radius 2 is 1.66 bits per heavy atom. The lowest BCUT2D eigenvalue weighted by atomic mass is 10.2. The fourth-order valence-electron chi connectivity index (χ4n) is 3.22. The second-order valence-electron chi connectivity index (χ2n) is 6.95. The number of hydrogen-bond acceptors (Lipinski definition) is 5. The minimum Gasteiger partial charge on any atom is -0.497 e. The number of halogens is 4. The summed E-state index contributed by atoms with van der Waals surface area (Å²) in [4.78, 5) is 26.4. The van der Waals surface area contributed by atoms with Crippen molar-refractivity contribution >= 4 is 34.8 Å². The Kier molecular flexibility index (Phi) is 7.34. The highest BCUT2D eigenvalue weighted by atomic mass is 35.5. The first-order valence-corrected chi connectivity index (χ1v) is 10.0. The monoisotopic (exact) mass is 471 g/mol. The van der Waals surface area contributed by atoms with Crippen LogP contribution >= 0.6 is 11.6 Å². The molecular weight excluding hydrogens is 451 g/mol. The lowest BCUT2D eigenvalue weighted by molar-refractivity contribution is -0.185. The molecule has 2 aromatic rings. The zero-order valence-electron chi connectivity index (χ0n) is 17.1. The molecule has 3 rings (SSSR count). The SMILES string of the molecule is COc1ccc(OCC(=O)Nc2cc(Cl)ccc2N2CCN(C(=O)C(F)(F)F)CC2)cc1. The van der Waals surface area contributed by atoms with Gasteiger partial charge >= 0.3 is 12.1 Å². The third kappa shape index (κ3) is 5.97. The highest BCUT2D eigenvalue weighted by molar-refractivity contribution is 6.31. The summed E-state index contributed by atoms with van der Waals surface area (Å²) in [6.07, 6.45) is -4.90. The number of hydrogen-bond donors (Lipinski definition) is 1. The molecule has 1 N–H and O–H groups in total. The quantitative estimate of drug-likeness (QED) is 0.697. The van der Waals surface area contributed by atoms with Crippen molar-refractivity contribution in [2.24, 2.45) is 0 Å². The lowest BCUT2D eigenvalue weighted by Gasteiger charge is -2.37. The van der Waals surface area contributed by atoms with Gasteiger partial charge in [-0.05, 0) is 42.5 Å². The summed E-state index contributed by atoms with van der Waals surface area (Å²) in [5, 5.41) is 3.10. The van der Waals surface area contributed by atoms with E-state index in [1.165, 1.54) is 0 Å². The van der Waals surface area contributed by atoms with E-state index >= 15 is 0 Å². The van der Waals surface area contributed by atoms with Crippen LogP contribution < -0.4 is 19.7 Å². The zero-order chi connectivity index (χ0) is 23.3. The van der Waals surface area contributed by atoms with Gasteiger partial charge in [-0.1, -0.05) is 11.6 Å². The highest BCUT2D eigenvalue weighted by Gasteiger charge is 2.43. The van der Waals surface area contributed by atoms with Crippen molar-refractivity contribution in [2.45, 2.75) is 6.18 Å². The second kappa shape index (κ2) is 9.99. The van der Waals surface area contributed by atoms with Crippen LogP contribution in [0.15, 0.2) is 42.5 Å². The topological polar surface area (TPSA) is 71.1 Å². The van der Waals surface area contributed by atoms with Crippen molar-refractivity contribution in [3.05, 3.63) is 47.5 Å². The van der Waals surface area contributed by atoms with Gasteiger partial charge in [0.2, 0.25) is 0 Å². The van der Waals surface area contributed by atoms with Gasteiger partial charge in [0.05, 0.1) is 18.5 Å². The Morgan fingerprint density at radius 3 is 2.25 bits per heavy atom. The molecular formula is C21H21ClF3N3O4. The first-order chi connectivity index (χ1) is 15.2. The van der Waals surface area contributed by atoms with E-state index in [-0.39, 0.29) is 32.8 Å². The first-order valence-electron chi connectivity index (χ1n) is 9.64. The van der Waals surface area contributed by atoms with Gasteiger partial charge in [0.25, 0.3) is 5.91 Å². The van der Waals surface area contributed by atoms with Gasteiger partial charge in [-0.2, -0.15) is 13.2 Å². The molecule has 0 aromatic heterocycles. The smallest absolute Gasteiger partial charge is 0.471 e. The van der Waals surface area contributed by atoms with E-state index in [1.54, 1.807) is 54.5 Å². The largest absolute Gasteiger partial charge is 0.497 e. The van der Waals surface area contributed by atoms with Crippen molar-refractivity contribution < 1.29 is 32.2 Å². The summed E-state index contributed by atoms with van der Waals surface area (Å²) in [5.41, 5.74) is 0.989. The van der Waals surface area contributed by atoms with Crippen LogP contribution in [0.1, 0.15) is 0 Å². The van der Waals surface area contributed by atoms with Crippen LogP contribution in [0.3, 0.4) is 0 Å². The predicted molar refractivity (Wildman–Crippen MR) is 113 cm³/mol. The summed E-state index contributed by atoms with van der Waals surface area (Å²) in [7, 11) is 1.54. The molecule has 0 radical (unpaired) electrons. The van der Waals surface area contributed by atoms with E-state index in [2.05, 4.69) is 5.32 Å².